The van der Waals surface area contributed by atoms with Gasteiger partial charge in [0.1, 0.15) is 6.54 Å². The molecule has 0 aliphatic carbocycles. The van der Waals surface area contributed by atoms with Crippen molar-refractivity contribution in [3.63, 3.8) is 0 Å². The lowest BCUT2D eigenvalue weighted by molar-refractivity contribution is -0.144. The molecule has 0 aliphatic rings. The van der Waals surface area contributed by atoms with Crippen molar-refractivity contribution in [2.24, 2.45) is 0 Å². The Kier molecular flexibility index (Phi) is 5.42. The van der Waals surface area contributed by atoms with Crippen LogP contribution in [-0.2, 0) is 16.1 Å². The Balaban J connectivity index is 1.49. The smallest absolute Gasteiger partial charge is 0.325 e. The average Bonchev–Trinajstić information content (AvgIpc) is 3.29. The van der Waals surface area contributed by atoms with Gasteiger partial charge in [-0.1, -0.05) is 35.0 Å². The van der Waals surface area contributed by atoms with Crippen LogP contribution in [0.1, 0.15) is 15.6 Å². The Labute approximate surface area is 151 Å². The lowest BCUT2D eigenvalue weighted by Gasteiger charge is -2.03. The summed E-state index contributed by atoms with van der Waals surface area (Å²) in [7, 11) is 0. The highest BCUT2D eigenvalue weighted by atomic mass is 35.5. The van der Waals surface area contributed by atoms with E-state index in [0.717, 1.165) is 0 Å². The van der Waals surface area contributed by atoms with Crippen LogP contribution in [0, 0.1) is 0 Å². The summed E-state index contributed by atoms with van der Waals surface area (Å²) in [6.07, 6.45) is 0. The minimum absolute atomic E-state index is 0.146. The molecule has 1 aromatic carbocycles. The van der Waals surface area contributed by atoms with Crippen molar-refractivity contribution in [3.8, 4) is 11.4 Å². The molecule has 0 aliphatic heterocycles. The maximum atomic E-state index is 11.7. The summed E-state index contributed by atoms with van der Waals surface area (Å²) in [6.45, 7) is -0.423. The second-order valence-corrected chi connectivity index (χ2v) is 6.23. The van der Waals surface area contributed by atoms with Crippen LogP contribution >= 0.6 is 22.9 Å². The van der Waals surface area contributed by atoms with Crippen molar-refractivity contribution in [3.05, 3.63) is 57.6 Å². The molecule has 9 heteroatoms. The van der Waals surface area contributed by atoms with Gasteiger partial charge in [0.2, 0.25) is 5.82 Å². The van der Waals surface area contributed by atoms with Crippen molar-refractivity contribution in [2.45, 2.75) is 6.61 Å². The molecule has 3 aromatic rings. The zero-order valence-electron chi connectivity index (χ0n) is 12.8. The largest absolute Gasteiger partial charge is 0.454 e. The van der Waals surface area contributed by atoms with Crippen LogP contribution in [-0.4, -0.2) is 28.6 Å². The standard InChI is InChI=1S/C16H12ClN3O4S/c17-11-4-1-3-10(7-11)15-19-13(24-20-15)9-23-14(21)8-18-16(22)12-5-2-6-25-12/h1-7H,8-9H2,(H,18,22). The number of amides is 1. The van der Waals surface area contributed by atoms with Crippen LogP contribution in [0.4, 0.5) is 0 Å². The first kappa shape index (κ1) is 17.1. The minimum atomic E-state index is -0.604. The number of benzene rings is 1. The van der Waals surface area contributed by atoms with Crippen LogP contribution in [0.25, 0.3) is 11.4 Å². The molecule has 0 radical (unpaired) electrons. The van der Waals surface area contributed by atoms with Crippen molar-refractivity contribution in [1.82, 2.24) is 15.5 Å². The number of carbonyl (C=O) groups is 2. The molecule has 0 saturated carbocycles. The summed E-state index contributed by atoms with van der Waals surface area (Å²) in [5, 5.41) is 8.61. The first-order valence-electron chi connectivity index (χ1n) is 7.17. The highest BCUT2D eigenvalue weighted by molar-refractivity contribution is 7.12. The molecule has 2 heterocycles. The Morgan fingerprint density at radius 3 is 2.92 bits per heavy atom. The summed E-state index contributed by atoms with van der Waals surface area (Å²) in [4.78, 5) is 28.0. The van der Waals surface area contributed by atoms with Crippen LogP contribution in [0.3, 0.4) is 0 Å². The van der Waals surface area contributed by atoms with E-state index in [9.17, 15) is 9.59 Å². The van der Waals surface area contributed by atoms with Crippen molar-refractivity contribution < 1.29 is 18.8 Å². The number of esters is 1. The summed E-state index contributed by atoms with van der Waals surface area (Å²) < 4.78 is 10.0. The van der Waals surface area contributed by atoms with E-state index in [4.69, 9.17) is 20.9 Å². The van der Waals surface area contributed by atoms with Gasteiger partial charge in [0.05, 0.1) is 4.88 Å². The summed E-state index contributed by atoms with van der Waals surface area (Å²) in [6, 6.07) is 10.4. The molecule has 0 atom stereocenters. The fourth-order valence-electron chi connectivity index (χ4n) is 1.90. The number of ether oxygens (including phenoxy) is 1. The second kappa shape index (κ2) is 7.91. The van der Waals surface area contributed by atoms with Crippen LogP contribution in [0.15, 0.2) is 46.3 Å². The molecule has 3 rings (SSSR count). The number of halogens is 1. The van der Waals surface area contributed by atoms with Crippen molar-refractivity contribution >= 4 is 34.8 Å². The van der Waals surface area contributed by atoms with E-state index in [2.05, 4.69) is 15.5 Å². The number of hydrogen-bond acceptors (Lipinski definition) is 7. The van der Waals surface area contributed by atoms with E-state index < -0.39 is 5.97 Å². The minimum Gasteiger partial charge on any atom is -0.454 e. The van der Waals surface area contributed by atoms with E-state index in [1.54, 1.807) is 41.8 Å². The van der Waals surface area contributed by atoms with E-state index in [1.165, 1.54) is 11.3 Å². The van der Waals surface area contributed by atoms with E-state index in [-0.39, 0.29) is 24.9 Å². The lowest BCUT2D eigenvalue weighted by atomic mass is 10.2. The molecule has 1 N–H and O–H groups in total. The van der Waals surface area contributed by atoms with Gasteiger partial charge in [0.25, 0.3) is 11.8 Å². The first-order chi connectivity index (χ1) is 12.1. The first-order valence-corrected chi connectivity index (χ1v) is 8.43. The van der Waals surface area contributed by atoms with E-state index >= 15 is 0 Å². The molecule has 128 valence electrons. The molecular formula is C16H12ClN3O4S. The molecule has 0 bridgehead atoms. The quantitative estimate of drug-likeness (QED) is 0.664. The molecule has 25 heavy (non-hydrogen) atoms. The molecular weight excluding hydrogens is 366 g/mol. The number of nitrogens with one attached hydrogen (secondary N) is 1. The van der Waals surface area contributed by atoms with Gasteiger partial charge >= 0.3 is 5.97 Å². The SMILES string of the molecule is O=C(CNC(=O)c1cccs1)OCc1nc(-c2cccc(Cl)c2)no1. The van der Waals surface area contributed by atoms with Gasteiger partial charge in [-0.3, -0.25) is 9.59 Å². The third kappa shape index (κ3) is 4.65. The summed E-state index contributed by atoms with van der Waals surface area (Å²) in [5.41, 5.74) is 0.692. The topological polar surface area (TPSA) is 94.3 Å². The van der Waals surface area contributed by atoms with Gasteiger partial charge in [0.15, 0.2) is 6.61 Å². The molecule has 0 fully saturated rings. The highest BCUT2D eigenvalue weighted by Gasteiger charge is 2.13. The summed E-state index contributed by atoms with van der Waals surface area (Å²) in [5.74, 6) is -0.437. The van der Waals surface area contributed by atoms with E-state index in [1.807, 2.05) is 0 Å². The van der Waals surface area contributed by atoms with Gasteiger partial charge < -0.3 is 14.6 Å². The number of nitrogens with zero attached hydrogens (tertiary/aromatic N) is 2. The van der Waals surface area contributed by atoms with Gasteiger partial charge in [-0.15, -0.1) is 11.3 Å². The number of hydrogen-bond donors (Lipinski definition) is 1. The summed E-state index contributed by atoms with van der Waals surface area (Å²) >= 11 is 7.20. The van der Waals surface area contributed by atoms with Crippen LogP contribution in [0.5, 0.6) is 0 Å². The molecule has 0 spiro atoms. The maximum absolute atomic E-state index is 11.7. The molecule has 0 unspecified atom stereocenters. The predicted octanol–water partition coefficient (Wildman–Crippen LogP) is 2.92. The van der Waals surface area contributed by atoms with Crippen LogP contribution < -0.4 is 5.32 Å². The Hall–Kier alpha value is -2.71. The predicted molar refractivity (Wildman–Crippen MR) is 91.2 cm³/mol. The van der Waals surface area contributed by atoms with Gasteiger partial charge in [-0.2, -0.15) is 4.98 Å². The third-order valence-electron chi connectivity index (χ3n) is 3.05. The van der Waals surface area contributed by atoms with Gasteiger partial charge in [-0.25, -0.2) is 0 Å². The maximum Gasteiger partial charge on any atom is 0.325 e. The Morgan fingerprint density at radius 1 is 1.28 bits per heavy atom. The average molecular weight is 378 g/mol. The number of rotatable bonds is 6. The number of carbonyl (C=O) groups excluding carboxylic acids is 2. The third-order valence-corrected chi connectivity index (χ3v) is 4.15. The van der Waals surface area contributed by atoms with E-state index in [0.29, 0.717) is 21.3 Å². The molecule has 7 nitrogen and oxygen atoms in total. The Bertz CT molecular complexity index is 879. The fourth-order valence-corrected chi connectivity index (χ4v) is 2.73. The van der Waals surface area contributed by atoms with Crippen LogP contribution in [0.2, 0.25) is 5.02 Å². The number of aromatic nitrogens is 2. The Morgan fingerprint density at radius 2 is 2.16 bits per heavy atom. The van der Waals surface area contributed by atoms with Gasteiger partial charge in [0, 0.05) is 10.6 Å². The second-order valence-electron chi connectivity index (χ2n) is 4.84. The number of thiophene rings is 1. The van der Waals surface area contributed by atoms with Gasteiger partial charge in [-0.05, 0) is 23.6 Å². The zero-order chi connectivity index (χ0) is 17.6. The molecule has 0 saturated heterocycles. The van der Waals surface area contributed by atoms with Crippen molar-refractivity contribution in [2.75, 3.05) is 6.54 Å². The zero-order valence-corrected chi connectivity index (χ0v) is 14.3. The normalized spacial score (nSPS) is 10.4. The molecule has 1 amide bonds. The lowest BCUT2D eigenvalue weighted by Crippen LogP contribution is -2.30. The highest BCUT2D eigenvalue weighted by Crippen LogP contribution is 2.20. The monoisotopic (exact) mass is 377 g/mol. The molecule has 2 aromatic heterocycles. The van der Waals surface area contributed by atoms with Crippen molar-refractivity contribution in [1.29, 1.82) is 0 Å². The fraction of sp³-hybridized carbons (Fsp3) is 0.125.